The molecule has 0 saturated heterocycles. The number of amides is 2. The number of nitrogens with one attached hydrogen (secondary N) is 2. The van der Waals surface area contributed by atoms with E-state index in [0.717, 1.165) is 0 Å². The summed E-state index contributed by atoms with van der Waals surface area (Å²) in [5.74, 6) is -0.358. The molecule has 0 unspecified atom stereocenters. The van der Waals surface area contributed by atoms with Gasteiger partial charge in [0.2, 0.25) is 5.91 Å². The maximum Gasteiger partial charge on any atom is 0.275 e. The smallest absolute Gasteiger partial charge is 0.275 e. The average Bonchev–Trinajstić information content (AvgIpc) is 3.54. The second-order valence-electron chi connectivity index (χ2n) is 9.46. The van der Waals surface area contributed by atoms with E-state index < -0.39 is 11.3 Å². The van der Waals surface area contributed by atoms with Gasteiger partial charge in [-0.25, -0.2) is 24.0 Å². The van der Waals surface area contributed by atoms with Gasteiger partial charge in [-0.05, 0) is 32.0 Å². The van der Waals surface area contributed by atoms with E-state index in [0.29, 0.717) is 33.7 Å². The maximum atomic E-state index is 14.4. The van der Waals surface area contributed by atoms with Crippen LogP contribution in [0, 0.1) is 5.82 Å². The number of benzene rings is 1. The van der Waals surface area contributed by atoms with Crippen LogP contribution in [0.1, 0.15) is 35.5 Å². The van der Waals surface area contributed by atoms with Crippen molar-refractivity contribution in [3.05, 3.63) is 77.5 Å². The van der Waals surface area contributed by atoms with Crippen molar-refractivity contribution >= 4 is 34.5 Å². The van der Waals surface area contributed by atoms with E-state index in [1.165, 1.54) is 10.7 Å². The number of hydrogen-bond donors (Lipinski definition) is 2. The van der Waals surface area contributed by atoms with Gasteiger partial charge in [0.05, 0.1) is 23.5 Å². The first-order valence-electron chi connectivity index (χ1n) is 11.8. The fourth-order valence-electron chi connectivity index (χ4n) is 4.54. The van der Waals surface area contributed by atoms with Gasteiger partial charge >= 0.3 is 0 Å². The lowest BCUT2D eigenvalue weighted by Crippen LogP contribution is -2.30. The molecule has 6 rings (SSSR count). The first-order chi connectivity index (χ1) is 18.2. The number of aryl methyl sites for hydroxylation is 1. The number of carbonyl (C=O) groups is 2. The highest BCUT2D eigenvalue weighted by Crippen LogP contribution is 2.40. The number of nitrogens with zero attached hydrogens (tertiary/aromatic N) is 7. The molecule has 2 amide bonds. The predicted octanol–water partition coefficient (Wildman–Crippen LogP) is 3.29. The van der Waals surface area contributed by atoms with Crippen molar-refractivity contribution in [2.45, 2.75) is 25.8 Å². The molecule has 190 valence electrons. The summed E-state index contributed by atoms with van der Waals surface area (Å²) in [6, 6.07) is 11.6. The lowest BCUT2D eigenvalue weighted by atomic mass is 9.85. The number of halogens is 1. The molecule has 0 radical (unpaired) electrons. The Bertz CT molecular complexity index is 1760. The van der Waals surface area contributed by atoms with E-state index in [9.17, 15) is 14.0 Å². The van der Waals surface area contributed by atoms with Gasteiger partial charge in [-0.3, -0.25) is 14.3 Å². The zero-order chi connectivity index (χ0) is 26.6. The molecule has 0 spiro atoms. The fourth-order valence-corrected chi connectivity index (χ4v) is 4.54. The van der Waals surface area contributed by atoms with E-state index in [1.807, 2.05) is 0 Å². The Morgan fingerprint density at radius 1 is 1.11 bits per heavy atom. The van der Waals surface area contributed by atoms with Crippen LogP contribution in [0.15, 0.2) is 54.9 Å². The summed E-state index contributed by atoms with van der Waals surface area (Å²) in [4.78, 5) is 40.0. The summed E-state index contributed by atoms with van der Waals surface area (Å²) >= 11 is 0. The van der Waals surface area contributed by atoms with Crippen molar-refractivity contribution < 1.29 is 14.0 Å². The van der Waals surface area contributed by atoms with Crippen LogP contribution in [0.25, 0.3) is 22.6 Å². The standard InChI is InChI=1S/C26H22FN9O2/c1-26(2)18-20(24(37)30-17-10-12-29-35(17)3)31-22(32-21(18)33-25(26)38)19-15-8-6-11-28-23(15)36(34-19)13-14-7-4-5-9-16(14)27/h4-12H,13H2,1-3H3,(H,30,37)(H,31,32,33,38). The van der Waals surface area contributed by atoms with Crippen LogP contribution >= 0.6 is 0 Å². The van der Waals surface area contributed by atoms with Gasteiger partial charge < -0.3 is 10.6 Å². The molecular formula is C26H22FN9O2. The van der Waals surface area contributed by atoms with Crippen LogP contribution < -0.4 is 10.6 Å². The Labute approximate surface area is 215 Å². The number of fused-ring (bicyclic) bond motifs is 2. The second kappa shape index (κ2) is 8.54. The molecule has 1 aromatic carbocycles. The van der Waals surface area contributed by atoms with Gasteiger partial charge in [0.1, 0.15) is 28.8 Å². The van der Waals surface area contributed by atoms with Crippen LogP contribution in [0.2, 0.25) is 0 Å². The molecule has 11 nitrogen and oxygen atoms in total. The Morgan fingerprint density at radius 3 is 2.68 bits per heavy atom. The van der Waals surface area contributed by atoms with Gasteiger partial charge in [0, 0.05) is 30.4 Å². The van der Waals surface area contributed by atoms with E-state index in [4.69, 9.17) is 0 Å². The summed E-state index contributed by atoms with van der Waals surface area (Å²) in [5.41, 5.74) is 0.672. The van der Waals surface area contributed by atoms with Gasteiger partial charge in [-0.2, -0.15) is 10.2 Å². The highest BCUT2D eigenvalue weighted by atomic mass is 19.1. The summed E-state index contributed by atoms with van der Waals surface area (Å²) < 4.78 is 17.5. The first kappa shape index (κ1) is 23.4. The zero-order valence-electron chi connectivity index (χ0n) is 20.7. The molecule has 1 aliphatic heterocycles. The van der Waals surface area contributed by atoms with Gasteiger partial charge in [0.15, 0.2) is 11.5 Å². The first-order valence-corrected chi connectivity index (χ1v) is 11.8. The minimum Gasteiger partial charge on any atom is -0.310 e. The van der Waals surface area contributed by atoms with E-state index in [-0.39, 0.29) is 35.6 Å². The van der Waals surface area contributed by atoms with Crippen molar-refractivity contribution in [1.82, 2.24) is 34.5 Å². The number of aromatic nitrogens is 7. The quantitative estimate of drug-likeness (QED) is 0.370. The maximum absolute atomic E-state index is 14.4. The molecule has 5 aromatic rings. The molecule has 12 heteroatoms. The van der Waals surface area contributed by atoms with Crippen LogP contribution in [-0.2, 0) is 23.8 Å². The number of anilines is 2. The molecule has 38 heavy (non-hydrogen) atoms. The van der Waals surface area contributed by atoms with E-state index in [2.05, 4.69) is 35.8 Å². The summed E-state index contributed by atoms with van der Waals surface area (Å²) in [6.45, 7) is 3.55. The minimum absolute atomic E-state index is 0.0373. The van der Waals surface area contributed by atoms with Crippen LogP contribution in [-0.4, -0.2) is 46.3 Å². The Balaban J connectivity index is 1.51. The number of pyridine rings is 1. The lowest BCUT2D eigenvalue weighted by Gasteiger charge is -2.18. The molecular weight excluding hydrogens is 489 g/mol. The molecule has 0 fully saturated rings. The monoisotopic (exact) mass is 511 g/mol. The average molecular weight is 512 g/mol. The molecule has 2 N–H and O–H groups in total. The van der Waals surface area contributed by atoms with Gasteiger partial charge in [0.25, 0.3) is 5.91 Å². The topological polar surface area (TPSA) is 133 Å². The molecule has 0 aliphatic carbocycles. The van der Waals surface area contributed by atoms with Crippen molar-refractivity contribution in [2.75, 3.05) is 10.6 Å². The molecule has 4 aromatic heterocycles. The lowest BCUT2D eigenvalue weighted by molar-refractivity contribution is -0.119. The minimum atomic E-state index is -1.04. The molecule has 1 aliphatic rings. The number of hydrogen-bond acceptors (Lipinski definition) is 7. The molecule has 0 saturated carbocycles. The zero-order valence-corrected chi connectivity index (χ0v) is 20.7. The number of carbonyl (C=O) groups excluding carboxylic acids is 2. The number of rotatable bonds is 5. The molecule has 0 bridgehead atoms. The molecule has 5 heterocycles. The summed E-state index contributed by atoms with van der Waals surface area (Å²) in [7, 11) is 1.70. The van der Waals surface area contributed by atoms with Crippen LogP contribution in [0.3, 0.4) is 0 Å². The van der Waals surface area contributed by atoms with Gasteiger partial charge in [-0.1, -0.05) is 18.2 Å². The molecule has 0 atom stereocenters. The third-order valence-corrected chi connectivity index (χ3v) is 6.61. The van der Waals surface area contributed by atoms with Crippen molar-refractivity contribution in [1.29, 1.82) is 0 Å². The summed E-state index contributed by atoms with van der Waals surface area (Å²) in [6.07, 6.45) is 3.17. The Morgan fingerprint density at radius 2 is 1.92 bits per heavy atom. The third kappa shape index (κ3) is 3.69. The second-order valence-corrected chi connectivity index (χ2v) is 9.46. The third-order valence-electron chi connectivity index (χ3n) is 6.61. The Hall–Kier alpha value is -5.00. The summed E-state index contributed by atoms with van der Waals surface area (Å²) in [5, 5.41) is 14.9. The highest BCUT2D eigenvalue weighted by molar-refractivity contribution is 6.12. The van der Waals surface area contributed by atoms with Crippen molar-refractivity contribution in [2.24, 2.45) is 7.05 Å². The highest BCUT2D eigenvalue weighted by Gasteiger charge is 2.44. The predicted molar refractivity (Wildman–Crippen MR) is 137 cm³/mol. The van der Waals surface area contributed by atoms with Crippen molar-refractivity contribution in [3.63, 3.8) is 0 Å². The van der Waals surface area contributed by atoms with E-state index >= 15 is 0 Å². The largest absolute Gasteiger partial charge is 0.310 e. The fraction of sp³-hybridized carbons (Fsp3) is 0.192. The van der Waals surface area contributed by atoms with Gasteiger partial charge in [-0.15, -0.1) is 0 Å². The van der Waals surface area contributed by atoms with Crippen LogP contribution in [0.5, 0.6) is 0 Å². The van der Waals surface area contributed by atoms with Crippen LogP contribution in [0.4, 0.5) is 16.0 Å². The normalized spacial score (nSPS) is 13.9. The SMILES string of the molecule is Cn1nccc1NC(=O)c1nc(-c2nn(Cc3ccccc3F)c3ncccc23)nc2c1C(C)(C)C(=O)N2. The van der Waals surface area contributed by atoms with Crippen molar-refractivity contribution in [3.8, 4) is 11.5 Å². The Kier molecular flexibility index (Phi) is 5.26. The van der Waals surface area contributed by atoms with E-state index in [1.54, 1.807) is 74.4 Å².